The minimum Gasteiger partial charge on any atom is -0.308 e. The molecule has 0 N–H and O–H groups in total. The lowest BCUT2D eigenvalue weighted by atomic mass is 10.1. The maximum Gasteiger partial charge on any atom is 0.176 e. The Morgan fingerprint density at radius 2 is 1.43 bits per heavy atom. The molecule has 0 bridgehead atoms. The first-order chi connectivity index (χ1) is 17.0. The molecule has 0 fully saturated rings. The van der Waals surface area contributed by atoms with E-state index in [9.17, 15) is 0 Å². The summed E-state index contributed by atoms with van der Waals surface area (Å²) in [4.78, 5) is 0. The van der Waals surface area contributed by atoms with E-state index in [-0.39, 0.29) is 0 Å². The smallest absolute Gasteiger partial charge is 0.176 e. The number of hydrogen-bond acceptors (Lipinski definition) is 2. The third-order valence-corrected chi connectivity index (χ3v) is 9.53. The highest BCUT2D eigenvalue weighted by atomic mass is 35.5. The molecule has 178 valence electrons. The van der Waals surface area contributed by atoms with Gasteiger partial charge in [0.05, 0.1) is 17.6 Å². The molecule has 35 heavy (non-hydrogen) atoms. The van der Waals surface area contributed by atoms with Gasteiger partial charge in [0.25, 0.3) is 0 Å². The number of halogens is 1. The summed E-state index contributed by atoms with van der Waals surface area (Å²) >= 11 is 6.08. The van der Waals surface area contributed by atoms with Gasteiger partial charge in [-0.3, -0.25) is 4.68 Å². The number of benzene rings is 3. The number of nitrogens with zero attached hydrogens (tertiary/aromatic N) is 2. The van der Waals surface area contributed by atoms with Crippen LogP contribution >= 0.6 is 18.7 Å². The highest BCUT2D eigenvalue weighted by Gasteiger charge is 2.32. The van der Waals surface area contributed by atoms with E-state index in [2.05, 4.69) is 25.6 Å². The summed E-state index contributed by atoms with van der Waals surface area (Å²) in [6.45, 7) is 6.67. The standard InChI is InChI=1S/C30H30ClN2OP/c1-4-24(5-2)21-29(22-33-23(3)20-30(32-33)25-16-18-26(31)19-17-25)35(34,27-12-8-6-9-13-27)28-14-10-7-11-15-28/h6-20H,4-5,22H2,1-3H3. The zero-order valence-corrected chi connectivity index (χ0v) is 22.1. The van der Waals surface area contributed by atoms with Gasteiger partial charge in [-0.05, 0) is 43.5 Å². The van der Waals surface area contributed by atoms with Crippen LogP contribution in [0, 0.1) is 6.92 Å². The summed E-state index contributed by atoms with van der Waals surface area (Å²) < 4.78 is 17.1. The summed E-state index contributed by atoms with van der Waals surface area (Å²) in [6.07, 6.45) is 1.72. The minimum absolute atomic E-state index is 0.393. The van der Waals surface area contributed by atoms with E-state index in [0.29, 0.717) is 11.6 Å². The van der Waals surface area contributed by atoms with Gasteiger partial charge in [0.2, 0.25) is 0 Å². The molecule has 1 heterocycles. The van der Waals surface area contributed by atoms with Crippen molar-refractivity contribution >= 4 is 29.4 Å². The lowest BCUT2D eigenvalue weighted by molar-refractivity contribution is 0.585. The first kappa shape index (κ1) is 25.0. The van der Waals surface area contributed by atoms with Crippen LogP contribution in [0.15, 0.2) is 108 Å². The molecule has 1 aromatic heterocycles. The topological polar surface area (TPSA) is 34.9 Å². The van der Waals surface area contributed by atoms with E-state index < -0.39 is 7.14 Å². The van der Waals surface area contributed by atoms with E-state index in [1.807, 2.05) is 96.5 Å². The molecule has 0 aliphatic rings. The molecule has 0 saturated heterocycles. The Morgan fingerprint density at radius 3 is 1.94 bits per heavy atom. The largest absolute Gasteiger partial charge is 0.308 e. The molecule has 0 aliphatic carbocycles. The number of hydrogen-bond donors (Lipinski definition) is 0. The molecule has 4 aromatic rings. The molecule has 4 rings (SSSR count). The molecule has 0 spiro atoms. The van der Waals surface area contributed by atoms with Crippen LogP contribution in [0.1, 0.15) is 32.4 Å². The number of aromatic nitrogens is 2. The van der Waals surface area contributed by atoms with Crippen molar-refractivity contribution in [2.45, 2.75) is 40.2 Å². The van der Waals surface area contributed by atoms with Crippen LogP contribution in [-0.4, -0.2) is 9.78 Å². The maximum absolute atomic E-state index is 15.1. The highest BCUT2D eigenvalue weighted by Crippen LogP contribution is 2.52. The minimum atomic E-state index is -3.16. The van der Waals surface area contributed by atoms with Crippen molar-refractivity contribution in [3.63, 3.8) is 0 Å². The van der Waals surface area contributed by atoms with Crippen molar-refractivity contribution in [3.8, 4) is 11.3 Å². The molecule has 5 heteroatoms. The van der Waals surface area contributed by atoms with E-state index in [1.165, 1.54) is 0 Å². The van der Waals surface area contributed by atoms with Gasteiger partial charge in [0.15, 0.2) is 7.14 Å². The quantitative estimate of drug-likeness (QED) is 0.183. The highest BCUT2D eigenvalue weighted by molar-refractivity contribution is 7.82. The van der Waals surface area contributed by atoms with E-state index in [0.717, 1.165) is 51.3 Å². The molecule has 0 saturated carbocycles. The van der Waals surface area contributed by atoms with Gasteiger partial charge < -0.3 is 4.57 Å². The summed E-state index contributed by atoms with van der Waals surface area (Å²) in [5.74, 6) is 0. The molecule has 0 radical (unpaired) electrons. The summed E-state index contributed by atoms with van der Waals surface area (Å²) in [6, 6.07) is 29.3. The molecule has 0 aliphatic heterocycles. The second kappa shape index (κ2) is 11.1. The molecule has 3 nitrogen and oxygen atoms in total. The Balaban J connectivity index is 1.90. The van der Waals surface area contributed by atoms with Gasteiger partial charge in [-0.25, -0.2) is 0 Å². The number of rotatable bonds is 8. The zero-order valence-electron chi connectivity index (χ0n) is 20.4. The van der Waals surface area contributed by atoms with Gasteiger partial charge >= 0.3 is 0 Å². The maximum atomic E-state index is 15.1. The predicted molar refractivity (Wildman–Crippen MR) is 148 cm³/mol. The van der Waals surface area contributed by atoms with Crippen LogP contribution in [0.3, 0.4) is 0 Å². The van der Waals surface area contributed by atoms with Gasteiger partial charge in [-0.1, -0.05) is 98.2 Å². The molecule has 3 aromatic carbocycles. The number of allylic oxidation sites excluding steroid dienone is 1. The van der Waals surface area contributed by atoms with E-state index in [1.54, 1.807) is 0 Å². The lowest BCUT2D eigenvalue weighted by Gasteiger charge is -2.22. The monoisotopic (exact) mass is 500 g/mol. The summed E-state index contributed by atoms with van der Waals surface area (Å²) in [5.41, 5.74) is 7.62. The van der Waals surface area contributed by atoms with Crippen LogP contribution in [0.5, 0.6) is 0 Å². The van der Waals surface area contributed by atoms with Crippen molar-refractivity contribution in [1.82, 2.24) is 9.78 Å². The zero-order chi connectivity index (χ0) is 24.8. The van der Waals surface area contributed by atoms with Crippen LogP contribution in [-0.2, 0) is 11.1 Å². The fourth-order valence-electron chi connectivity index (χ4n) is 4.16. The van der Waals surface area contributed by atoms with Gasteiger partial charge in [-0.2, -0.15) is 5.10 Å². The normalized spacial score (nSPS) is 11.2. The SMILES string of the molecule is CCC(=C=C(Cn1nc(-c2ccc(Cl)cc2)cc1C)P(=O)(c1ccccc1)c1ccccc1)CC. The molecule has 0 unspecified atom stereocenters. The van der Waals surface area contributed by atoms with Crippen molar-refractivity contribution < 1.29 is 4.57 Å². The average molecular weight is 501 g/mol. The Labute approximate surface area is 213 Å². The van der Waals surface area contributed by atoms with Crippen molar-refractivity contribution in [2.24, 2.45) is 0 Å². The fourth-order valence-corrected chi connectivity index (χ4v) is 7.04. The summed E-state index contributed by atoms with van der Waals surface area (Å²) in [7, 11) is -3.16. The van der Waals surface area contributed by atoms with Crippen molar-refractivity contribution in [3.05, 3.63) is 118 Å². The fraction of sp³-hybridized carbons (Fsp3) is 0.200. The molecular weight excluding hydrogens is 471 g/mol. The second-order valence-electron chi connectivity index (χ2n) is 8.50. The lowest BCUT2D eigenvalue weighted by Crippen LogP contribution is -2.20. The van der Waals surface area contributed by atoms with Crippen LogP contribution in [0.2, 0.25) is 5.02 Å². The first-order valence-electron chi connectivity index (χ1n) is 12.0. The first-order valence-corrected chi connectivity index (χ1v) is 14.0. The third kappa shape index (κ3) is 5.44. The second-order valence-corrected chi connectivity index (χ2v) is 11.7. The average Bonchev–Trinajstić information content (AvgIpc) is 3.27. The van der Waals surface area contributed by atoms with Gasteiger partial charge in [0.1, 0.15) is 0 Å². The van der Waals surface area contributed by atoms with Gasteiger partial charge in [0, 0.05) is 26.9 Å². The molecule has 0 atom stereocenters. The van der Waals surface area contributed by atoms with Crippen LogP contribution in [0.4, 0.5) is 0 Å². The van der Waals surface area contributed by atoms with Crippen molar-refractivity contribution in [1.29, 1.82) is 0 Å². The number of aryl methyl sites for hydroxylation is 1. The molecule has 0 amide bonds. The Kier molecular flexibility index (Phi) is 7.93. The molecular formula is C30H30ClN2OP. The summed E-state index contributed by atoms with van der Waals surface area (Å²) in [5, 5.41) is 7.97. The van der Waals surface area contributed by atoms with E-state index in [4.69, 9.17) is 16.7 Å². The van der Waals surface area contributed by atoms with Crippen molar-refractivity contribution in [2.75, 3.05) is 0 Å². The Morgan fingerprint density at radius 1 is 0.886 bits per heavy atom. The predicted octanol–water partition coefficient (Wildman–Crippen LogP) is 7.76. The van der Waals surface area contributed by atoms with Crippen LogP contribution in [0.25, 0.3) is 11.3 Å². The third-order valence-electron chi connectivity index (χ3n) is 6.22. The Hall–Kier alpha value is -3.09. The van der Waals surface area contributed by atoms with Crippen LogP contribution < -0.4 is 10.6 Å². The van der Waals surface area contributed by atoms with Gasteiger partial charge in [-0.15, -0.1) is 5.73 Å². The Bertz CT molecular complexity index is 1350. The van der Waals surface area contributed by atoms with E-state index >= 15 is 4.57 Å².